The van der Waals surface area contributed by atoms with Gasteiger partial charge in [-0.2, -0.15) is 10.5 Å². The minimum Gasteiger partial charge on any atom is -0.384 e. The molecule has 0 spiro atoms. The van der Waals surface area contributed by atoms with Crippen LogP contribution < -0.4 is 16.9 Å². The number of hydrogen-bond donors (Lipinski definition) is 4. The summed E-state index contributed by atoms with van der Waals surface area (Å²) in [4.78, 5) is 8.79. The summed E-state index contributed by atoms with van der Waals surface area (Å²) >= 11 is 0. The second-order valence-corrected chi connectivity index (χ2v) is 5.76. The van der Waals surface area contributed by atoms with Gasteiger partial charge in [-0.25, -0.2) is 4.98 Å². The first-order valence-corrected chi connectivity index (χ1v) is 7.90. The molecule has 0 radical (unpaired) electrons. The van der Waals surface area contributed by atoms with Gasteiger partial charge in [0.1, 0.15) is 12.0 Å². The van der Waals surface area contributed by atoms with E-state index in [2.05, 4.69) is 15.1 Å². The quantitative estimate of drug-likeness (QED) is 0.326. The average Bonchev–Trinajstić information content (AvgIpc) is 3.17. The van der Waals surface area contributed by atoms with E-state index < -0.39 is 6.17 Å². The Morgan fingerprint density at radius 3 is 2.58 bits per heavy atom. The van der Waals surface area contributed by atoms with Gasteiger partial charge in [0.15, 0.2) is 0 Å². The molecule has 4 aromatic rings. The van der Waals surface area contributed by atoms with Crippen LogP contribution in [0.2, 0.25) is 0 Å². The van der Waals surface area contributed by atoms with Gasteiger partial charge in [0.25, 0.3) is 5.89 Å². The molecule has 1 unspecified atom stereocenters. The summed E-state index contributed by atoms with van der Waals surface area (Å²) < 4.78 is 5.40. The maximum Gasteiger partial charge on any atom is 0.258 e. The molecule has 0 fully saturated rings. The Hall–Kier alpha value is -3.33. The highest BCUT2D eigenvalue weighted by molar-refractivity contribution is 5.94. The number of nitrogen functional groups attached to an aromatic ring is 1. The lowest BCUT2D eigenvalue weighted by Crippen LogP contribution is -2.25. The van der Waals surface area contributed by atoms with E-state index in [0.29, 0.717) is 17.5 Å². The number of rotatable bonds is 4. The molecule has 0 aliphatic heterocycles. The molecule has 2 heterocycles. The Kier molecular flexibility index (Phi) is 4.05. The predicted molar refractivity (Wildman–Crippen MR) is 96.7 cm³/mol. The number of benzene rings is 2. The Morgan fingerprint density at radius 1 is 1.04 bits per heavy atom. The predicted octanol–water partition coefficient (Wildman–Crippen LogP) is 2.47. The number of nitrogens with zero attached hydrogens (tertiary/aromatic N) is 3. The summed E-state index contributed by atoms with van der Waals surface area (Å²) in [5, 5.41) is 13.9. The highest BCUT2D eigenvalue weighted by Crippen LogP contribution is 2.29. The fourth-order valence-electron chi connectivity index (χ4n) is 2.74. The van der Waals surface area contributed by atoms with Crippen molar-refractivity contribution in [2.75, 3.05) is 5.73 Å². The number of hydroxylamine groups is 1. The zero-order valence-corrected chi connectivity index (χ0v) is 13.6. The molecule has 1 atom stereocenters. The lowest BCUT2D eigenvalue weighted by molar-refractivity contribution is 0.128. The van der Waals surface area contributed by atoms with Crippen LogP contribution in [-0.2, 0) is 0 Å². The zero-order chi connectivity index (χ0) is 18.1. The third-order valence-corrected chi connectivity index (χ3v) is 4.06. The van der Waals surface area contributed by atoms with E-state index in [-0.39, 0.29) is 0 Å². The van der Waals surface area contributed by atoms with Gasteiger partial charge in [-0.1, -0.05) is 35.5 Å². The molecular formula is C18H16N6O2. The van der Waals surface area contributed by atoms with Crippen molar-refractivity contribution in [1.82, 2.24) is 20.6 Å². The van der Waals surface area contributed by atoms with Gasteiger partial charge in [0.05, 0.1) is 5.52 Å². The minimum absolute atomic E-state index is 0.372. The molecule has 26 heavy (non-hydrogen) atoms. The summed E-state index contributed by atoms with van der Waals surface area (Å²) in [7, 11) is 0. The molecule has 4 rings (SSSR count). The highest BCUT2D eigenvalue weighted by atomic mass is 16.5. The number of hydrogen-bond acceptors (Lipinski definition) is 8. The molecule has 0 bridgehead atoms. The lowest BCUT2D eigenvalue weighted by Gasteiger charge is -2.08. The maximum absolute atomic E-state index is 8.88. The van der Waals surface area contributed by atoms with Gasteiger partial charge < -0.3 is 21.2 Å². The fraction of sp³-hybridized carbons (Fsp3) is 0.0556. The number of nitrogens with two attached hydrogens (primary N) is 2. The molecule has 2 aromatic heterocycles. The molecular weight excluding hydrogens is 332 g/mol. The van der Waals surface area contributed by atoms with E-state index in [1.807, 2.05) is 29.7 Å². The van der Waals surface area contributed by atoms with Crippen molar-refractivity contribution in [3.63, 3.8) is 0 Å². The molecule has 0 aliphatic rings. The monoisotopic (exact) mass is 348 g/mol. The van der Waals surface area contributed by atoms with Crippen LogP contribution in [0.1, 0.15) is 11.7 Å². The average molecular weight is 348 g/mol. The van der Waals surface area contributed by atoms with Crippen LogP contribution in [0, 0.1) is 0 Å². The van der Waals surface area contributed by atoms with Gasteiger partial charge in [0.2, 0.25) is 5.82 Å². The van der Waals surface area contributed by atoms with Crippen molar-refractivity contribution < 1.29 is 9.73 Å². The third kappa shape index (κ3) is 2.88. The first-order chi connectivity index (χ1) is 12.7. The molecule has 0 aliphatic carbocycles. The second-order valence-electron chi connectivity index (χ2n) is 5.76. The summed E-state index contributed by atoms with van der Waals surface area (Å²) in [6.07, 6.45) is -0.659. The Labute approximate surface area is 148 Å². The first-order valence-electron chi connectivity index (χ1n) is 7.90. The smallest absolute Gasteiger partial charge is 0.258 e. The normalized spacial score (nSPS) is 12.4. The van der Waals surface area contributed by atoms with E-state index in [4.69, 9.17) is 21.2 Å². The van der Waals surface area contributed by atoms with Crippen LogP contribution in [0.4, 0.5) is 5.82 Å². The molecule has 6 N–H and O–H groups in total. The standard InChI is InChI=1S/C18H16N6O2/c19-15-9-13(12-3-1-2-4-14(12)21-15)17-22-18(26-24-17)11-7-5-10(6-8-11)16(20)23-25/h1-9,16,23,25H,20H2,(H2,19,21). The van der Waals surface area contributed by atoms with Crippen LogP contribution in [0.5, 0.6) is 0 Å². The topological polar surface area (TPSA) is 136 Å². The van der Waals surface area contributed by atoms with Crippen LogP contribution in [0.15, 0.2) is 59.1 Å². The van der Waals surface area contributed by atoms with Crippen molar-refractivity contribution >= 4 is 16.7 Å². The maximum atomic E-state index is 8.88. The van der Waals surface area contributed by atoms with Crippen molar-refractivity contribution in [2.45, 2.75) is 6.17 Å². The van der Waals surface area contributed by atoms with Gasteiger partial charge in [-0.05, 0) is 29.8 Å². The van der Waals surface area contributed by atoms with Crippen molar-refractivity contribution in [3.8, 4) is 22.8 Å². The summed E-state index contributed by atoms with van der Waals surface area (Å²) in [5.74, 6) is 1.19. The lowest BCUT2D eigenvalue weighted by atomic mass is 10.1. The molecule has 8 heteroatoms. The largest absolute Gasteiger partial charge is 0.384 e. The third-order valence-electron chi connectivity index (χ3n) is 4.06. The fourth-order valence-corrected chi connectivity index (χ4v) is 2.74. The van der Waals surface area contributed by atoms with Gasteiger partial charge >= 0.3 is 0 Å². The van der Waals surface area contributed by atoms with E-state index in [9.17, 15) is 0 Å². The number of anilines is 1. The molecule has 0 amide bonds. The first kappa shape index (κ1) is 16.2. The highest BCUT2D eigenvalue weighted by Gasteiger charge is 2.15. The van der Waals surface area contributed by atoms with Gasteiger partial charge in [-0.15, -0.1) is 0 Å². The molecule has 0 saturated carbocycles. The van der Waals surface area contributed by atoms with Crippen molar-refractivity contribution in [1.29, 1.82) is 0 Å². The van der Waals surface area contributed by atoms with E-state index >= 15 is 0 Å². The second kappa shape index (κ2) is 6.52. The number of pyridine rings is 1. The number of aromatic nitrogens is 3. The number of nitrogens with one attached hydrogen (secondary N) is 1. The zero-order valence-electron chi connectivity index (χ0n) is 13.6. The van der Waals surface area contributed by atoms with E-state index in [1.165, 1.54) is 0 Å². The molecule has 8 nitrogen and oxygen atoms in total. The molecule has 0 saturated heterocycles. The minimum atomic E-state index is -0.659. The molecule has 2 aromatic carbocycles. The van der Waals surface area contributed by atoms with Crippen molar-refractivity contribution in [3.05, 3.63) is 60.2 Å². The van der Waals surface area contributed by atoms with Crippen LogP contribution in [0.25, 0.3) is 33.7 Å². The number of para-hydroxylation sites is 1. The number of fused-ring (bicyclic) bond motifs is 1. The Bertz CT molecular complexity index is 1060. The molecule has 130 valence electrons. The van der Waals surface area contributed by atoms with Crippen molar-refractivity contribution in [2.24, 2.45) is 5.73 Å². The summed E-state index contributed by atoms with van der Waals surface area (Å²) in [6, 6.07) is 16.5. The summed E-state index contributed by atoms with van der Waals surface area (Å²) in [6.45, 7) is 0. The Balaban J connectivity index is 1.73. The van der Waals surface area contributed by atoms with Crippen LogP contribution in [-0.4, -0.2) is 20.3 Å². The van der Waals surface area contributed by atoms with E-state index in [0.717, 1.165) is 27.6 Å². The summed E-state index contributed by atoms with van der Waals surface area (Å²) in [5.41, 5.74) is 16.6. The SMILES string of the molecule is Nc1cc(-c2noc(-c3ccc(C(N)NO)cc3)n2)c2ccccc2n1. The van der Waals surface area contributed by atoms with Gasteiger partial charge in [0, 0.05) is 16.5 Å². The van der Waals surface area contributed by atoms with Crippen LogP contribution in [0.3, 0.4) is 0 Å². The van der Waals surface area contributed by atoms with Crippen LogP contribution >= 0.6 is 0 Å². The Morgan fingerprint density at radius 2 is 1.81 bits per heavy atom. The van der Waals surface area contributed by atoms with Gasteiger partial charge in [-0.3, -0.25) is 0 Å². The van der Waals surface area contributed by atoms with E-state index in [1.54, 1.807) is 30.3 Å².